The fraction of sp³-hybridized carbons (Fsp3) is 0.471. The second kappa shape index (κ2) is 6.42. The summed E-state index contributed by atoms with van der Waals surface area (Å²) in [6.45, 7) is 3.46. The van der Waals surface area contributed by atoms with Crippen LogP contribution in [0.15, 0.2) is 24.4 Å². The van der Waals surface area contributed by atoms with Crippen molar-refractivity contribution in [3.8, 4) is 0 Å². The molecule has 1 aromatic carbocycles. The van der Waals surface area contributed by atoms with Gasteiger partial charge in [0.1, 0.15) is 11.4 Å². The van der Waals surface area contributed by atoms with E-state index in [1.165, 1.54) is 18.3 Å². The predicted molar refractivity (Wildman–Crippen MR) is 92.7 cm³/mol. The Bertz CT molecular complexity index is 914. The summed E-state index contributed by atoms with van der Waals surface area (Å²) in [7, 11) is -3.63. The third kappa shape index (κ3) is 3.41. The second-order valence-electron chi connectivity index (χ2n) is 6.44. The molecule has 0 aliphatic carbocycles. The number of esters is 1. The molecule has 0 unspecified atom stereocenters. The van der Waals surface area contributed by atoms with Crippen molar-refractivity contribution in [2.75, 3.05) is 19.3 Å². The average molecular weight is 368 g/mol. The van der Waals surface area contributed by atoms with Gasteiger partial charge < -0.3 is 10.1 Å². The topological polar surface area (TPSA) is 77.4 Å². The van der Waals surface area contributed by atoms with E-state index in [9.17, 15) is 17.6 Å². The largest absolute Gasteiger partial charge is 0.455 e. The monoisotopic (exact) mass is 368 g/mol. The summed E-state index contributed by atoms with van der Waals surface area (Å²) in [5.41, 5.74) is -0.257. The molecule has 0 spiro atoms. The molecule has 1 fully saturated rings. The molecule has 0 amide bonds. The number of rotatable bonds is 4. The number of hydrogen-bond donors (Lipinski definition) is 1. The van der Waals surface area contributed by atoms with Crippen LogP contribution in [-0.4, -0.2) is 43.3 Å². The van der Waals surface area contributed by atoms with Crippen molar-refractivity contribution in [1.82, 2.24) is 9.29 Å². The summed E-state index contributed by atoms with van der Waals surface area (Å²) in [5, 5.41) is 3.46. The average Bonchev–Trinajstić information content (AvgIpc) is 2.94. The van der Waals surface area contributed by atoms with Crippen molar-refractivity contribution in [3.63, 3.8) is 0 Å². The van der Waals surface area contributed by atoms with Gasteiger partial charge >= 0.3 is 5.97 Å². The van der Waals surface area contributed by atoms with Gasteiger partial charge in [0.15, 0.2) is 0 Å². The van der Waals surface area contributed by atoms with Crippen LogP contribution in [0.25, 0.3) is 10.9 Å². The van der Waals surface area contributed by atoms with Crippen LogP contribution in [0, 0.1) is 5.82 Å². The van der Waals surface area contributed by atoms with Crippen molar-refractivity contribution in [1.29, 1.82) is 0 Å². The molecule has 2 aromatic rings. The Morgan fingerprint density at radius 1 is 1.36 bits per heavy atom. The zero-order valence-corrected chi connectivity index (χ0v) is 15.0. The van der Waals surface area contributed by atoms with E-state index >= 15 is 0 Å². The standard InChI is InChI=1S/C17H21FN2O4S/c1-3-17(6-8-19-9-7-17)24-16(21)14-11-20(25(2,22)23)15-5-4-12(18)10-13(14)15/h4-5,10-11,19H,3,6-9H2,1-2H3. The number of nitrogens with zero attached hydrogens (tertiary/aromatic N) is 1. The lowest BCUT2D eigenvalue weighted by atomic mass is 9.89. The van der Waals surface area contributed by atoms with Crippen LogP contribution in [0.3, 0.4) is 0 Å². The Balaban J connectivity index is 2.05. The van der Waals surface area contributed by atoms with Gasteiger partial charge in [0, 0.05) is 11.6 Å². The Morgan fingerprint density at radius 3 is 2.64 bits per heavy atom. The van der Waals surface area contributed by atoms with Gasteiger partial charge in [-0.2, -0.15) is 0 Å². The zero-order valence-electron chi connectivity index (χ0n) is 14.2. The molecule has 8 heteroatoms. The van der Waals surface area contributed by atoms with E-state index in [1.54, 1.807) is 0 Å². The minimum Gasteiger partial charge on any atom is -0.455 e. The lowest BCUT2D eigenvalue weighted by molar-refractivity contribution is -0.0358. The SMILES string of the molecule is CCC1(OC(=O)c2cn(S(C)(=O)=O)c3ccc(F)cc23)CCNCC1. The van der Waals surface area contributed by atoms with E-state index in [1.807, 2.05) is 6.92 Å². The maximum atomic E-state index is 13.7. The molecule has 1 aromatic heterocycles. The van der Waals surface area contributed by atoms with E-state index < -0.39 is 27.4 Å². The molecule has 1 aliphatic rings. The van der Waals surface area contributed by atoms with E-state index in [0.29, 0.717) is 19.3 Å². The maximum Gasteiger partial charge on any atom is 0.340 e. The molecule has 0 bridgehead atoms. The van der Waals surface area contributed by atoms with Crippen molar-refractivity contribution in [2.24, 2.45) is 0 Å². The molecule has 2 heterocycles. The fourth-order valence-electron chi connectivity index (χ4n) is 3.27. The maximum absolute atomic E-state index is 13.7. The Morgan fingerprint density at radius 2 is 2.04 bits per heavy atom. The Kier molecular flexibility index (Phi) is 4.59. The highest BCUT2D eigenvalue weighted by Gasteiger charge is 2.35. The van der Waals surface area contributed by atoms with Gasteiger partial charge in [0.25, 0.3) is 0 Å². The van der Waals surface area contributed by atoms with Crippen LogP contribution in [0.4, 0.5) is 4.39 Å². The van der Waals surface area contributed by atoms with Crippen molar-refractivity contribution < 1.29 is 22.3 Å². The first-order chi connectivity index (χ1) is 11.8. The van der Waals surface area contributed by atoms with Crippen molar-refractivity contribution >= 4 is 26.9 Å². The second-order valence-corrected chi connectivity index (χ2v) is 8.30. The Hall–Kier alpha value is -1.93. The molecule has 1 saturated heterocycles. The third-order valence-electron chi connectivity index (χ3n) is 4.78. The molecule has 1 aliphatic heterocycles. The number of hydrogen-bond acceptors (Lipinski definition) is 5. The number of fused-ring (bicyclic) bond motifs is 1. The van der Waals surface area contributed by atoms with Gasteiger partial charge in [0.2, 0.25) is 10.0 Å². The normalized spacial score (nSPS) is 17.6. The highest BCUT2D eigenvalue weighted by Crippen LogP contribution is 2.31. The van der Waals surface area contributed by atoms with E-state index in [2.05, 4.69) is 5.32 Å². The first-order valence-corrected chi connectivity index (χ1v) is 10.1. The number of benzene rings is 1. The van der Waals surface area contributed by atoms with Crippen LogP contribution >= 0.6 is 0 Å². The third-order valence-corrected chi connectivity index (χ3v) is 5.79. The Labute approximate surface area is 146 Å². The zero-order chi connectivity index (χ0) is 18.2. The van der Waals surface area contributed by atoms with Gasteiger partial charge in [-0.1, -0.05) is 6.92 Å². The molecular formula is C17H21FN2O4S. The summed E-state index contributed by atoms with van der Waals surface area (Å²) in [6, 6.07) is 3.68. The van der Waals surface area contributed by atoms with E-state index in [4.69, 9.17) is 4.74 Å². The molecule has 0 radical (unpaired) electrons. The van der Waals surface area contributed by atoms with E-state index in [-0.39, 0.29) is 16.5 Å². The van der Waals surface area contributed by atoms with E-state index in [0.717, 1.165) is 29.4 Å². The number of piperidine rings is 1. The lowest BCUT2D eigenvalue weighted by Gasteiger charge is -2.36. The van der Waals surface area contributed by atoms with Crippen molar-refractivity contribution in [2.45, 2.75) is 31.8 Å². The minimum atomic E-state index is -3.63. The molecule has 6 nitrogen and oxygen atoms in total. The van der Waals surface area contributed by atoms with Gasteiger partial charge in [-0.25, -0.2) is 21.6 Å². The van der Waals surface area contributed by atoms with Crippen molar-refractivity contribution in [3.05, 3.63) is 35.8 Å². The first-order valence-electron chi connectivity index (χ1n) is 8.21. The highest BCUT2D eigenvalue weighted by molar-refractivity contribution is 7.89. The van der Waals surface area contributed by atoms with Gasteiger partial charge in [-0.15, -0.1) is 0 Å². The van der Waals surface area contributed by atoms with Crippen LogP contribution in [0.5, 0.6) is 0 Å². The smallest absolute Gasteiger partial charge is 0.340 e. The quantitative estimate of drug-likeness (QED) is 0.838. The molecule has 0 atom stereocenters. The van der Waals surface area contributed by atoms with Gasteiger partial charge in [-0.05, 0) is 50.6 Å². The summed E-state index contributed by atoms with van der Waals surface area (Å²) in [5.74, 6) is -1.17. The summed E-state index contributed by atoms with van der Waals surface area (Å²) in [4.78, 5) is 12.8. The number of ether oxygens (including phenoxy) is 1. The molecule has 3 rings (SSSR count). The molecule has 25 heavy (non-hydrogen) atoms. The van der Waals surface area contributed by atoms with Crippen LogP contribution in [0.2, 0.25) is 0 Å². The minimum absolute atomic E-state index is 0.0614. The molecule has 1 N–H and O–H groups in total. The molecule has 0 saturated carbocycles. The molecule has 136 valence electrons. The molecular weight excluding hydrogens is 347 g/mol. The van der Waals surface area contributed by atoms with Crippen LogP contribution in [-0.2, 0) is 14.8 Å². The number of aromatic nitrogens is 1. The van der Waals surface area contributed by atoms with Crippen LogP contribution < -0.4 is 5.32 Å². The lowest BCUT2D eigenvalue weighted by Crippen LogP contribution is -2.44. The summed E-state index contributed by atoms with van der Waals surface area (Å²) < 4.78 is 44.4. The number of halogens is 1. The number of carbonyl (C=O) groups is 1. The number of carbonyl (C=O) groups excluding carboxylic acids is 1. The van der Waals surface area contributed by atoms with Gasteiger partial charge in [-0.3, -0.25) is 0 Å². The summed E-state index contributed by atoms with van der Waals surface area (Å²) in [6.07, 6.45) is 4.29. The number of nitrogens with one attached hydrogen (secondary N) is 1. The first kappa shape index (κ1) is 17.9. The highest BCUT2D eigenvalue weighted by atomic mass is 32.2. The van der Waals surface area contributed by atoms with Crippen LogP contribution in [0.1, 0.15) is 36.5 Å². The van der Waals surface area contributed by atoms with Gasteiger partial charge in [0.05, 0.1) is 17.3 Å². The predicted octanol–water partition coefficient (Wildman–Crippen LogP) is 2.28. The summed E-state index contributed by atoms with van der Waals surface area (Å²) >= 11 is 0. The fourth-order valence-corrected chi connectivity index (χ4v) is 4.08.